The SMILES string of the molecule is O=C(O)c1cc(OC2CCC3(CC2)OCCO3)nc(C(F)(F)F)n1. The summed E-state index contributed by atoms with van der Waals surface area (Å²) < 4.78 is 54.9. The van der Waals surface area contributed by atoms with Crippen LogP contribution in [-0.2, 0) is 15.7 Å². The van der Waals surface area contributed by atoms with Crippen LogP contribution in [0.2, 0.25) is 0 Å². The quantitative estimate of drug-likeness (QED) is 0.896. The van der Waals surface area contributed by atoms with Gasteiger partial charge in [0.05, 0.1) is 13.2 Å². The molecule has 1 aliphatic heterocycles. The van der Waals surface area contributed by atoms with Gasteiger partial charge in [-0.3, -0.25) is 0 Å². The van der Waals surface area contributed by atoms with Crippen LogP contribution < -0.4 is 4.74 Å². The van der Waals surface area contributed by atoms with E-state index in [0.29, 0.717) is 38.9 Å². The van der Waals surface area contributed by atoms with Gasteiger partial charge >= 0.3 is 12.1 Å². The lowest BCUT2D eigenvalue weighted by Gasteiger charge is -2.35. The van der Waals surface area contributed by atoms with Crippen LogP contribution in [0, 0.1) is 0 Å². The highest BCUT2D eigenvalue weighted by Gasteiger charge is 2.41. The first-order valence-corrected chi connectivity index (χ1v) is 7.42. The van der Waals surface area contributed by atoms with E-state index in [0.717, 1.165) is 6.07 Å². The molecular weight excluding hydrogens is 333 g/mol. The Morgan fingerprint density at radius 3 is 2.42 bits per heavy atom. The van der Waals surface area contributed by atoms with E-state index >= 15 is 0 Å². The van der Waals surface area contributed by atoms with Gasteiger partial charge in [-0.15, -0.1) is 0 Å². The van der Waals surface area contributed by atoms with Crippen molar-refractivity contribution in [2.24, 2.45) is 0 Å². The van der Waals surface area contributed by atoms with Gasteiger partial charge in [-0.2, -0.15) is 18.2 Å². The van der Waals surface area contributed by atoms with Crippen molar-refractivity contribution in [2.75, 3.05) is 13.2 Å². The minimum Gasteiger partial charge on any atom is -0.477 e. The smallest absolute Gasteiger partial charge is 0.451 e. The third kappa shape index (κ3) is 3.59. The van der Waals surface area contributed by atoms with Gasteiger partial charge in [0.25, 0.3) is 0 Å². The second kappa shape index (κ2) is 6.17. The summed E-state index contributed by atoms with van der Waals surface area (Å²) in [4.78, 5) is 17.2. The number of ether oxygens (including phenoxy) is 3. The Kier molecular flexibility index (Phi) is 4.35. The maximum absolute atomic E-state index is 12.8. The lowest BCUT2D eigenvalue weighted by Crippen LogP contribution is -2.38. The second-order valence-corrected chi connectivity index (χ2v) is 5.64. The van der Waals surface area contributed by atoms with Crippen molar-refractivity contribution in [1.29, 1.82) is 0 Å². The first-order valence-electron chi connectivity index (χ1n) is 7.42. The molecule has 1 N–H and O–H groups in total. The van der Waals surface area contributed by atoms with Gasteiger partial charge in [-0.1, -0.05) is 0 Å². The van der Waals surface area contributed by atoms with Crippen LogP contribution in [0.4, 0.5) is 13.2 Å². The molecule has 0 amide bonds. The molecule has 1 aliphatic carbocycles. The molecule has 1 aromatic rings. The minimum atomic E-state index is -4.86. The van der Waals surface area contributed by atoms with Gasteiger partial charge in [0.15, 0.2) is 11.5 Å². The van der Waals surface area contributed by atoms with Crippen molar-refractivity contribution in [2.45, 2.75) is 43.8 Å². The number of aromatic carboxylic acids is 1. The van der Waals surface area contributed by atoms with Crippen LogP contribution in [0.5, 0.6) is 5.88 Å². The minimum absolute atomic E-state index is 0.388. The third-order valence-electron chi connectivity index (χ3n) is 3.97. The number of halogens is 3. The van der Waals surface area contributed by atoms with Crippen molar-refractivity contribution in [3.05, 3.63) is 17.6 Å². The van der Waals surface area contributed by atoms with Gasteiger partial charge in [0, 0.05) is 18.9 Å². The maximum Gasteiger partial charge on any atom is 0.451 e. The average Bonchev–Trinajstić information content (AvgIpc) is 2.97. The van der Waals surface area contributed by atoms with Crippen LogP contribution in [0.1, 0.15) is 42.0 Å². The predicted molar refractivity (Wildman–Crippen MR) is 71.5 cm³/mol. The summed E-state index contributed by atoms with van der Waals surface area (Å²) in [5.41, 5.74) is -0.762. The molecule has 2 heterocycles. The standard InChI is InChI=1S/C14H15F3N2O5/c15-14(16,17)12-18-9(11(20)21)7-10(19-12)24-8-1-3-13(4-2-8)22-5-6-23-13/h7-8H,1-6H2,(H,20,21). The molecule has 1 aromatic heterocycles. The number of aromatic nitrogens is 2. The molecule has 10 heteroatoms. The van der Waals surface area contributed by atoms with Crippen molar-refractivity contribution >= 4 is 5.97 Å². The highest BCUT2D eigenvalue weighted by atomic mass is 19.4. The number of carbonyl (C=O) groups is 1. The number of alkyl halides is 3. The number of rotatable bonds is 3. The Hall–Kier alpha value is -1.94. The highest BCUT2D eigenvalue weighted by Crippen LogP contribution is 2.37. The lowest BCUT2D eigenvalue weighted by molar-refractivity contribution is -0.186. The van der Waals surface area contributed by atoms with Gasteiger partial charge in [-0.25, -0.2) is 9.78 Å². The molecule has 1 spiro atoms. The fraction of sp³-hybridized carbons (Fsp3) is 0.643. The van der Waals surface area contributed by atoms with E-state index in [4.69, 9.17) is 19.3 Å². The fourth-order valence-electron chi connectivity index (χ4n) is 2.83. The Balaban J connectivity index is 1.73. The summed E-state index contributed by atoms with van der Waals surface area (Å²) in [5, 5.41) is 8.90. The van der Waals surface area contributed by atoms with Crippen LogP contribution in [-0.4, -0.2) is 46.1 Å². The number of hydrogen-bond acceptors (Lipinski definition) is 6. The van der Waals surface area contributed by atoms with Crippen LogP contribution in [0.15, 0.2) is 6.07 Å². The zero-order valence-electron chi connectivity index (χ0n) is 12.5. The first-order chi connectivity index (χ1) is 11.3. The molecule has 0 unspecified atom stereocenters. The first kappa shape index (κ1) is 16.9. The molecule has 7 nitrogen and oxygen atoms in total. The number of carboxylic acids is 1. The van der Waals surface area contributed by atoms with Gasteiger partial charge in [0.2, 0.25) is 11.7 Å². The Morgan fingerprint density at radius 1 is 1.25 bits per heavy atom. The molecule has 2 aliphatic rings. The summed E-state index contributed by atoms with van der Waals surface area (Å²) in [7, 11) is 0. The normalized spacial score (nSPS) is 21.1. The summed E-state index contributed by atoms with van der Waals surface area (Å²) in [6.07, 6.45) is -3.12. The fourth-order valence-corrected chi connectivity index (χ4v) is 2.83. The Labute approximate surface area is 134 Å². The van der Waals surface area contributed by atoms with Crippen molar-refractivity contribution in [3.8, 4) is 5.88 Å². The largest absolute Gasteiger partial charge is 0.477 e. The molecule has 0 bridgehead atoms. The number of hydrogen-bond donors (Lipinski definition) is 1. The molecule has 0 atom stereocenters. The van der Waals surface area contributed by atoms with E-state index in [2.05, 4.69) is 9.97 Å². The highest BCUT2D eigenvalue weighted by molar-refractivity contribution is 5.85. The van der Waals surface area contributed by atoms with E-state index < -0.39 is 35.3 Å². The molecule has 1 saturated heterocycles. The van der Waals surface area contributed by atoms with Crippen molar-refractivity contribution in [1.82, 2.24) is 9.97 Å². The zero-order chi connectivity index (χ0) is 17.4. The van der Waals surface area contributed by atoms with E-state index in [1.807, 2.05) is 0 Å². The predicted octanol–water partition coefficient (Wildman–Crippen LogP) is 2.26. The summed E-state index contributed by atoms with van der Waals surface area (Å²) in [6.45, 7) is 1.04. The van der Waals surface area contributed by atoms with Crippen LogP contribution in [0.25, 0.3) is 0 Å². The zero-order valence-corrected chi connectivity index (χ0v) is 12.5. The summed E-state index contributed by atoms with van der Waals surface area (Å²) in [6, 6.07) is 0.893. The van der Waals surface area contributed by atoms with E-state index in [1.165, 1.54) is 0 Å². The Morgan fingerprint density at radius 2 is 1.88 bits per heavy atom. The Bertz CT molecular complexity index is 621. The van der Waals surface area contributed by atoms with E-state index in [-0.39, 0.29) is 6.10 Å². The maximum atomic E-state index is 12.8. The molecule has 1 saturated carbocycles. The lowest BCUT2D eigenvalue weighted by atomic mass is 9.92. The van der Waals surface area contributed by atoms with Crippen LogP contribution >= 0.6 is 0 Å². The average molecular weight is 348 g/mol. The van der Waals surface area contributed by atoms with E-state index in [9.17, 15) is 18.0 Å². The van der Waals surface area contributed by atoms with Crippen molar-refractivity contribution < 1.29 is 37.3 Å². The summed E-state index contributed by atoms with van der Waals surface area (Å²) >= 11 is 0. The molecule has 3 rings (SSSR count). The van der Waals surface area contributed by atoms with E-state index in [1.54, 1.807) is 0 Å². The van der Waals surface area contributed by atoms with Gasteiger partial charge < -0.3 is 19.3 Å². The van der Waals surface area contributed by atoms with Gasteiger partial charge in [0.1, 0.15) is 6.10 Å². The van der Waals surface area contributed by atoms with Crippen LogP contribution in [0.3, 0.4) is 0 Å². The second-order valence-electron chi connectivity index (χ2n) is 5.64. The molecule has 24 heavy (non-hydrogen) atoms. The molecule has 132 valence electrons. The number of nitrogens with zero attached hydrogens (tertiary/aromatic N) is 2. The topological polar surface area (TPSA) is 90.8 Å². The molecule has 0 aromatic carbocycles. The monoisotopic (exact) mass is 348 g/mol. The van der Waals surface area contributed by atoms with Crippen molar-refractivity contribution in [3.63, 3.8) is 0 Å². The summed E-state index contributed by atoms with van der Waals surface area (Å²) in [5.74, 6) is -4.13. The molecule has 0 radical (unpaired) electrons. The van der Waals surface area contributed by atoms with Gasteiger partial charge in [-0.05, 0) is 12.8 Å². The number of carboxylic acid groups (broad SMARTS) is 1. The molecular formula is C14H15F3N2O5. The molecule has 2 fully saturated rings. The third-order valence-corrected chi connectivity index (χ3v) is 3.97.